The molecule has 0 saturated heterocycles. The van der Waals surface area contributed by atoms with Crippen molar-refractivity contribution in [3.63, 3.8) is 0 Å². The summed E-state index contributed by atoms with van der Waals surface area (Å²) in [4.78, 5) is 5.67. The first-order valence-electron chi connectivity index (χ1n) is 8.46. The maximum atomic E-state index is 6.16. The fourth-order valence-corrected chi connectivity index (χ4v) is 3.25. The third kappa shape index (κ3) is 3.07. The molecule has 25 heavy (non-hydrogen) atoms. The van der Waals surface area contributed by atoms with E-state index in [1.165, 1.54) is 19.2 Å². The third-order valence-corrected chi connectivity index (χ3v) is 4.65. The number of benzene rings is 1. The zero-order valence-electron chi connectivity index (χ0n) is 14.3. The Morgan fingerprint density at radius 3 is 2.80 bits per heavy atom. The number of nitrogens with one attached hydrogen (secondary N) is 1. The van der Waals surface area contributed by atoms with E-state index in [0.29, 0.717) is 5.89 Å². The van der Waals surface area contributed by atoms with Crippen molar-refractivity contribution < 1.29 is 18.7 Å². The summed E-state index contributed by atoms with van der Waals surface area (Å²) >= 11 is 0. The van der Waals surface area contributed by atoms with Crippen molar-refractivity contribution in [2.24, 2.45) is 0 Å². The van der Waals surface area contributed by atoms with Gasteiger partial charge in [-0.15, -0.1) is 10.2 Å². The van der Waals surface area contributed by atoms with E-state index in [2.05, 4.69) is 15.7 Å². The summed E-state index contributed by atoms with van der Waals surface area (Å²) in [6.07, 6.45) is 8.08. The average molecular weight is 343 g/mol. The van der Waals surface area contributed by atoms with Gasteiger partial charge in [-0.25, -0.2) is 0 Å². The highest BCUT2D eigenvalue weighted by atomic mass is 16.7. The number of methoxy groups -OCH3 is 1. The molecule has 1 aliphatic heterocycles. The van der Waals surface area contributed by atoms with Gasteiger partial charge in [-0.3, -0.25) is 10.3 Å². The number of ether oxygens (including phenoxy) is 2. The Hall–Kier alpha value is -2.54. The summed E-state index contributed by atoms with van der Waals surface area (Å²) < 4.78 is 16.9. The van der Waals surface area contributed by atoms with Crippen molar-refractivity contribution in [2.45, 2.75) is 44.3 Å². The van der Waals surface area contributed by atoms with Gasteiger partial charge in [0.25, 0.3) is 5.89 Å². The molecule has 0 bridgehead atoms. The minimum atomic E-state index is -0.807. The summed E-state index contributed by atoms with van der Waals surface area (Å²) in [5.41, 5.74) is 3.90. The van der Waals surface area contributed by atoms with E-state index in [4.69, 9.17) is 18.7 Å². The lowest BCUT2D eigenvalue weighted by Gasteiger charge is -2.17. The van der Waals surface area contributed by atoms with E-state index in [-0.39, 0.29) is 6.10 Å². The van der Waals surface area contributed by atoms with Crippen LogP contribution in [0.15, 0.2) is 35.1 Å². The van der Waals surface area contributed by atoms with Gasteiger partial charge in [0.1, 0.15) is 0 Å². The molecule has 0 spiro atoms. The second-order valence-corrected chi connectivity index (χ2v) is 6.50. The summed E-state index contributed by atoms with van der Waals surface area (Å²) in [6.45, 7) is 1.86. The fraction of sp³-hybridized carbons (Fsp3) is 0.444. The lowest BCUT2D eigenvalue weighted by atomic mass is 10.0. The maximum absolute atomic E-state index is 6.16. The van der Waals surface area contributed by atoms with Gasteiger partial charge in [0.15, 0.2) is 17.1 Å². The molecule has 1 N–H and O–H groups in total. The van der Waals surface area contributed by atoms with Crippen molar-refractivity contribution in [3.05, 3.63) is 42.1 Å². The van der Waals surface area contributed by atoms with Gasteiger partial charge in [-0.05, 0) is 56.9 Å². The minimum absolute atomic E-state index is 0.259. The van der Waals surface area contributed by atoms with Crippen molar-refractivity contribution in [3.8, 4) is 11.5 Å². The number of rotatable bonds is 5. The second kappa shape index (κ2) is 6.40. The van der Waals surface area contributed by atoms with Crippen LogP contribution in [0.2, 0.25) is 0 Å². The predicted molar refractivity (Wildman–Crippen MR) is 89.7 cm³/mol. The standard InChI is InChI=1S/C18H21N3O4/c1-18(17-20-19-11-23-17)10-14(21-25-18)12-7-8-15(22-2)16(9-12)24-13-5-3-4-6-13/h7-11,13,21H,3-6H2,1-2H3. The van der Waals surface area contributed by atoms with E-state index in [0.717, 1.165) is 35.6 Å². The summed E-state index contributed by atoms with van der Waals surface area (Å²) in [5.74, 6) is 1.88. The van der Waals surface area contributed by atoms with Crippen LogP contribution in [0.3, 0.4) is 0 Å². The predicted octanol–water partition coefficient (Wildman–Crippen LogP) is 3.19. The SMILES string of the molecule is COc1ccc(C2=CC(C)(c3nnco3)ON2)cc1OC1CCCC1. The number of hydroxylamine groups is 1. The van der Waals surface area contributed by atoms with E-state index in [9.17, 15) is 0 Å². The lowest BCUT2D eigenvalue weighted by molar-refractivity contribution is -0.0418. The van der Waals surface area contributed by atoms with Gasteiger partial charge in [-0.1, -0.05) is 0 Å². The number of hydrogen-bond acceptors (Lipinski definition) is 7. The maximum Gasteiger partial charge on any atom is 0.254 e. The highest BCUT2D eigenvalue weighted by Gasteiger charge is 2.37. The van der Waals surface area contributed by atoms with Gasteiger partial charge in [-0.2, -0.15) is 0 Å². The Balaban J connectivity index is 1.62. The van der Waals surface area contributed by atoms with Crippen LogP contribution in [0.25, 0.3) is 5.70 Å². The molecule has 1 atom stereocenters. The van der Waals surface area contributed by atoms with Crippen LogP contribution in [-0.2, 0) is 10.4 Å². The van der Waals surface area contributed by atoms with Crippen LogP contribution < -0.4 is 15.0 Å². The van der Waals surface area contributed by atoms with Crippen molar-refractivity contribution >= 4 is 5.70 Å². The highest BCUT2D eigenvalue weighted by Crippen LogP contribution is 2.37. The first-order valence-corrected chi connectivity index (χ1v) is 8.46. The van der Waals surface area contributed by atoms with Crippen molar-refractivity contribution in [1.29, 1.82) is 0 Å². The second-order valence-electron chi connectivity index (χ2n) is 6.50. The molecule has 1 aliphatic carbocycles. The summed E-state index contributed by atoms with van der Waals surface area (Å²) in [5, 5.41) is 7.65. The quantitative estimate of drug-likeness (QED) is 0.893. The zero-order chi connectivity index (χ0) is 17.3. The molecule has 1 saturated carbocycles. The largest absolute Gasteiger partial charge is 0.493 e. The lowest BCUT2D eigenvalue weighted by Crippen LogP contribution is -2.23. The van der Waals surface area contributed by atoms with Crippen LogP contribution in [0, 0.1) is 0 Å². The molecular weight excluding hydrogens is 322 g/mol. The summed E-state index contributed by atoms with van der Waals surface area (Å²) in [7, 11) is 1.65. The van der Waals surface area contributed by atoms with Crippen LogP contribution >= 0.6 is 0 Å². The molecule has 1 fully saturated rings. The molecular formula is C18H21N3O4. The third-order valence-electron chi connectivity index (χ3n) is 4.65. The first-order chi connectivity index (χ1) is 12.2. The molecule has 2 heterocycles. The topological polar surface area (TPSA) is 78.6 Å². The van der Waals surface area contributed by atoms with Gasteiger partial charge < -0.3 is 13.9 Å². The van der Waals surface area contributed by atoms with Gasteiger partial charge in [0.05, 0.1) is 18.9 Å². The Kier molecular flexibility index (Phi) is 4.09. The molecule has 0 radical (unpaired) electrons. The van der Waals surface area contributed by atoms with Crippen LogP contribution in [0.4, 0.5) is 0 Å². The normalized spacial score (nSPS) is 23.4. The highest BCUT2D eigenvalue weighted by molar-refractivity contribution is 5.68. The van der Waals surface area contributed by atoms with Gasteiger partial charge in [0.2, 0.25) is 6.39 Å². The van der Waals surface area contributed by atoms with Gasteiger partial charge >= 0.3 is 0 Å². The van der Waals surface area contributed by atoms with Crippen LogP contribution in [0.5, 0.6) is 11.5 Å². The number of hydrogen-bond donors (Lipinski definition) is 1. The molecule has 2 aromatic rings. The molecule has 0 amide bonds. The van der Waals surface area contributed by atoms with Crippen molar-refractivity contribution in [2.75, 3.05) is 7.11 Å². The molecule has 1 aromatic heterocycles. The Morgan fingerprint density at radius 1 is 1.24 bits per heavy atom. The molecule has 1 aromatic carbocycles. The zero-order valence-corrected chi connectivity index (χ0v) is 14.3. The van der Waals surface area contributed by atoms with E-state index >= 15 is 0 Å². The number of aromatic nitrogens is 2. The monoisotopic (exact) mass is 343 g/mol. The van der Waals surface area contributed by atoms with E-state index < -0.39 is 5.60 Å². The summed E-state index contributed by atoms with van der Waals surface area (Å²) in [6, 6.07) is 5.84. The molecule has 2 aliphatic rings. The number of nitrogens with zero attached hydrogens (tertiary/aromatic N) is 2. The average Bonchev–Trinajstić information content (AvgIpc) is 3.37. The first kappa shape index (κ1) is 16.0. The van der Waals surface area contributed by atoms with Crippen LogP contribution in [0.1, 0.15) is 44.1 Å². The molecule has 7 heteroatoms. The molecule has 7 nitrogen and oxygen atoms in total. The van der Waals surface area contributed by atoms with Gasteiger partial charge in [0, 0.05) is 5.56 Å². The smallest absolute Gasteiger partial charge is 0.254 e. The Labute approximate surface area is 145 Å². The van der Waals surface area contributed by atoms with Crippen LogP contribution in [-0.4, -0.2) is 23.4 Å². The van der Waals surface area contributed by atoms with Crippen molar-refractivity contribution in [1.82, 2.24) is 15.7 Å². The Bertz CT molecular complexity index is 769. The molecule has 132 valence electrons. The van der Waals surface area contributed by atoms with E-state index in [1.54, 1.807) is 7.11 Å². The Morgan fingerprint density at radius 2 is 2.08 bits per heavy atom. The molecule has 1 unspecified atom stereocenters. The van der Waals surface area contributed by atoms with E-state index in [1.807, 2.05) is 31.2 Å². The molecule has 4 rings (SSSR count). The minimum Gasteiger partial charge on any atom is -0.493 e. The fourth-order valence-electron chi connectivity index (χ4n) is 3.25.